The summed E-state index contributed by atoms with van der Waals surface area (Å²) in [5, 5.41) is -0.238. The zero-order valence-corrected chi connectivity index (χ0v) is 16.3. The molecule has 0 unspecified atom stereocenters. The van der Waals surface area contributed by atoms with Crippen molar-refractivity contribution in [1.29, 1.82) is 0 Å². The minimum Gasteiger partial charge on any atom is -0.280 e. The molecule has 3 rings (SSSR count). The molecule has 1 atom stereocenters. The van der Waals surface area contributed by atoms with Gasteiger partial charge in [-0.25, -0.2) is 25.5 Å². The molecule has 1 heterocycles. The summed E-state index contributed by atoms with van der Waals surface area (Å²) in [6, 6.07) is 8.18. The molecule has 0 saturated carbocycles. The number of hydrogen-bond acceptors (Lipinski definition) is 5. The fraction of sp³-hybridized carbons (Fsp3) is 0.188. The summed E-state index contributed by atoms with van der Waals surface area (Å²) in [5.41, 5.74) is 0.129. The molecule has 2 aromatic rings. The van der Waals surface area contributed by atoms with Gasteiger partial charge >= 0.3 is 0 Å². The number of amides is 1. The van der Waals surface area contributed by atoms with E-state index in [0.29, 0.717) is 4.31 Å². The summed E-state index contributed by atoms with van der Waals surface area (Å²) in [5.74, 6) is -2.21. The maximum absolute atomic E-state index is 13.2. The lowest BCUT2D eigenvalue weighted by Gasteiger charge is -2.16. The molecule has 1 aliphatic rings. The predicted molar refractivity (Wildman–Crippen MR) is 99.1 cm³/mol. The van der Waals surface area contributed by atoms with Crippen LogP contribution in [-0.4, -0.2) is 28.5 Å². The van der Waals surface area contributed by atoms with Crippen LogP contribution in [0.5, 0.6) is 0 Å². The van der Waals surface area contributed by atoms with Crippen molar-refractivity contribution in [3.8, 4) is 0 Å². The van der Waals surface area contributed by atoms with Crippen LogP contribution in [0.1, 0.15) is 6.92 Å². The molecule has 1 saturated heterocycles. The summed E-state index contributed by atoms with van der Waals surface area (Å²) in [6.45, 7) is 1.51. The molecule has 1 fully saturated rings. The first-order valence-corrected chi connectivity index (χ1v) is 11.1. The van der Waals surface area contributed by atoms with Crippen molar-refractivity contribution in [2.45, 2.75) is 11.8 Å². The van der Waals surface area contributed by atoms with Crippen LogP contribution in [0.2, 0.25) is 5.02 Å². The van der Waals surface area contributed by atoms with Crippen LogP contribution in [0.15, 0.2) is 47.4 Å². The first-order chi connectivity index (χ1) is 12.5. The summed E-state index contributed by atoms with van der Waals surface area (Å²) in [4.78, 5) is 11.9. The fourth-order valence-corrected chi connectivity index (χ4v) is 5.67. The SMILES string of the molecule is C[C@H]1CS(=O)(=O)N(c2ccc(S(=O)(=O)Nc3ccc(F)c(Cl)c3)cc2)C1=O. The van der Waals surface area contributed by atoms with Crippen molar-refractivity contribution in [3.05, 3.63) is 53.3 Å². The minimum atomic E-state index is -4.02. The Hall–Kier alpha value is -2.17. The molecule has 0 bridgehead atoms. The average Bonchev–Trinajstić information content (AvgIpc) is 2.78. The second kappa shape index (κ2) is 6.77. The second-order valence-electron chi connectivity index (χ2n) is 6.01. The lowest BCUT2D eigenvalue weighted by atomic mass is 10.2. The van der Waals surface area contributed by atoms with Gasteiger partial charge in [0.25, 0.3) is 10.0 Å². The maximum atomic E-state index is 13.2. The molecule has 2 aromatic carbocycles. The number of nitrogens with one attached hydrogen (secondary N) is 1. The topological polar surface area (TPSA) is 101 Å². The third-order valence-corrected chi connectivity index (χ3v) is 7.47. The van der Waals surface area contributed by atoms with Crippen LogP contribution in [-0.2, 0) is 24.8 Å². The zero-order valence-electron chi connectivity index (χ0n) is 13.9. The molecule has 1 N–H and O–H groups in total. The van der Waals surface area contributed by atoms with Crippen molar-refractivity contribution >= 4 is 48.9 Å². The van der Waals surface area contributed by atoms with E-state index in [1.165, 1.54) is 37.3 Å². The van der Waals surface area contributed by atoms with E-state index in [2.05, 4.69) is 4.72 Å². The molecular weight excluding hydrogens is 419 g/mol. The molecule has 1 amide bonds. The largest absolute Gasteiger partial charge is 0.280 e. The fourth-order valence-electron chi connectivity index (χ4n) is 2.62. The normalized spacial score (nSPS) is 19.3. The van der Waals surface area contributed by atoms with E-state index in [1.54, 1.807) is 0 Å². The second-order valence-corrected chi connectivity index (χ2v) is 9.96. The molecule has 0 aromatic heterocycles. The highest BCUT2D eigenvalue weighted by molar-refractivity contribution is 7.94. The molecule has 11 heteroatoms. The molecule has 27 heavy (non-hydrogen) atoms. The van der Waals surface area contributed by atoms with E-state index in [-0.39, 0.29) is 27.0 Å². The number of rotatable bonds is 4. The first-order valence-electron chi connectivity index (χ1n) is 7.66. The van der Waals surface area contributed by atoms with Gasteiger partial charge in [-0.2, -0.15) is 0 Å². The standard InChI is InChI=1S/C16H14ClFN2O5S2/c1-10-9-26(22,23)20(16(10)21)12-3-5-13(6-4-12)27(24,25)19-11-2-7-15(18)14(17)8-11/h2-8,10,19H,9H2,1H3/t10-/m0/s1. The van der Waals surface area contributed by atoms with Crippen LogP contribution < -0.4 is 9.03 Å². The Kier molecular flexibility index (Phi) is 4.91. The first kappa shape index (κ1) is 19.6. The maximum Gasteiger partial charge on any atom is 0.261 e. The van der Waals surface area contributed by atoms with Crippen molar-refractivity contribution in [1.82, 2.24) is 0 Å². The highest BCUT2D eigenvalue weighted by atomic mass is 35.5. The van der Waals surface area contributed by atoms with Gasteiger partial charge in [0.2, 0.25) is 15.9 Å². The molecule has 0 spiro atoms. The van der Waals surface area contributed by atoms with Crippen molar-refractivity contribution in [2.75, 3.05) is 14.8 Å². The Balaban J connectivity index is 1.88. The average molecular weight is 433 g/mol. The lowest BCUT2D eigenvalue weighted by molar-refractivity contribution is -0.119. The molecule has 144 valence electrons. The minimum absolute atomic E-state index is 0.0631. The summed E-state index contributed by atoms with van der Waals surface area (Å²) >= 11 is 5.63. The molecule has 1 aliphatic heterocycles. The number of hydrogen-bond donors (Lipinski definition) is 1. The predicted octanol–water partition coefficient (Wildman–Crippen LogP) is 2.59. The van der Waals surface area contributed by atoms with Gasteiger partial charge in [0, 0.05) is 0 Å². The van der Waals surface area contributed by atoms with Gasteiger partial charge in [-0.3, -0.25) is 9.52 Å². The van der Waals surface area contributed by atoms with Crippen molar-refractivity contribution < 1.29 is 26.0 Å². The van der Waals surface area contributed by atoms with Gasteiger partial charge in [0.1, 0.15) is 5.82 Å². The van der Waals surface area contributed by atoms with Gasteiger partial charge in [0.05, 0.1) is 33.0 Å². The molecule has 7 nitrogen and oxygen atoms in total. The Labute approximate surface area is 160 Å². The number of halogens is 2. The quantitative estimate of drug-likeness (QED) is 0.800. The van der Waals surface area contributed by atoms with Gasteiger partial charge in [-0.15, -0.1) is 0 Å². The number of anilines is 2. The summed E-state index contributed by atoms with van der Waals surface area (Å²) in [6.07, 6.45) is 0. The van der Waals surface area contributed by atoms with E-state index in [4.69, 9.17) is 11.6 Å². The van der Waals surface area contributed by atoms with Crippen molar-refractivity contribution in [2.24, 2.45) is 5.92 Å². The molecule has 0 aliphatic carbocycles. The third-order valence-electron chi connectivity index (χ3n) is 3.91. The van der Waals surface area contributed by atoms with E-state index in [1.807, 2.05) is 0 Å². The number of carbonyl (C=O) groups is 1. The van der Waals surface area contributed by atoms with Crippen LogP contribution >= 0.6 is 11.6 Å². The van der Waals surface area contributed by atoms with Crippen LogP contribution in [0.25, 0.3) is 0 Å². The van der Waals surface area contributed by atoms with Gasteiger partial charge < -0.3 is 0 Å². The Morgan fingerprint density at radius 2 is 1.81 bits per heavy atom. The summed E-state index contributed by atoms with van der Waals surface area (Å²) < 4.78 is 65.2. The third kappa shape index (κ3) is 3.78. The van der Waals surface area contributed by atoms with E-state index >= 15 is 0 Å². The van der Waals surface area contributed by atoms with E-state index in [9.17, 15) is 26.0 Å². The van der Waals surface area contributed by atoms with Crippen LogP contribution in [0.3, 0.4) is 0 Å². The molecular formula is C16H14ClFN2O5S2. The Bertz CT molecular complexity index is 1120. The molecule has 0 radical (unpaired) electrons. The smallest absolute Gasteiger partial charge is 0.261 e. The summed E-state index contributed by atoms with van der Waals surface area (Å²) in [7, 11) is -7.80. The van der Waals surface area contributed by atoms with E-state index < -0.39 is 37.7 Å². The van der Waals surface area contributed by atoms with Crippen LogP contribution in [0.4, 0.5) is 15.8 Å². The number of nitrogens with zero attached hydrogens (tertiary/aromatic N) is 1. The van der Waals surface area contributed by atoms with E-state index in [0.717, 1.165) is 12.1 Å². The number of carbonyl (C=O) groups excluding carboxylic acids is 1. The van der Waals surface area contributed by atoms with Gasteiger partial charge in [0.15, 0.2) is 0 Å². The highest BCUT2D eigenvalue weighted by Gasteiger charge is 2.41. The number of sulfonamides is 2. The van der Waals surface area contributed by atoms with Gasteiger partial charge in [-0.05, 0) is 42.5 Å². The van der Waals surface area contributed by atoms with Gasteiger partial charge in [-0.1, -0.05) is 18.5 Å². The zero-order chi connectivity index (χ0) is 20.0. The Morgan fingerprint density at radius 3 is 2.33 bits per heavy atom. The Morgan fingerprint density at radius 1 is 1.19 bits per heavy atom. The van der Waals surface area contributed by atoms with Crippen LogP contribution in [0, 0.1) is 11.7 Å². The number of benzene rings is 2. The lowest BCUT2D eigenvalue weighted by Crippen LogP contribution is -2.30. The monoisotopic (exact) mass is 432 g/mol. The van der Waals surface area contributed by atoms with Crippen molar-refractivity contribution in [3.63, 3.8) is 0 Å². The highest BCUT2D eigenvalue weighted by Crippen LogP contribution is 2.29.